The van der Waals surface area contributed by atoms with Gasteiger partial charge in [-0.2, -0.15) is 0 Å². The SMILES string of the molecule is O=C(NC1CCC(CN2C(=O)C3(CN(c4cccc(=O)[nH]4)C3)c3ccc(F)cc32)CC1)c1cc(Cl)cnc1C(F)F. The first-order valence-corrected chi connectivity index (χ1v) is 13.8. The standard InChI is InChI=1S/C29H27ClF3N5O3/c30-17-10-20(25(26(32)33)34-12-17)27(40)35-19-7-4-16(5-8-19)13-38-22-11-18(31)6-9-21(22)29(28(38)41)14-37(15-29)23-2-1-3-24(39)36-23/h1-3,6,9-12,16,19,26H,4-5,7-8,13-15H2,(H,35,40)(H,36,39). The number of halogens is 4. The molecule has 1 saturated carbocycles. The van der Waals surface area contributed by atoms with Crippen LogP contribution in [0.1, 0.15) is 53.7 Å². The van der Waals surface area contributed by atoms with E-state index in [0.717, 1.165) is 11.8 Å². The molecule has 2 N–H and O–H groups in total. The van der Waals surface area contributed by atoms with Crippen molar-refractivity contribution in [3.63, 3.8) is 0 Å². The number of carbonyl (C=O) groups excluding carboxylic acids is 2. The number of nitrogens with one attached hydrogen (secondary N) is 2. The largest absolute Gasteiger partial charge is 0.355 e. The third kappa shape index (κ3) is 4.96. The number of anilines is 2. The number of nitrogens with zero attached hydrogens (tertiary/aromatic N) is 3. The van der Waals surface area contributed by atoms with Crippen molar-refractivity contribution in [3.05, 3.63) is 86.7 Å². The third-order valence-electron chi connectivity index (χ3n) is 8.40. The molecule has 1 aliphatic carbocycles. The van der Waals surface area contributed by atoms with Gasteiger partial charge in [0.2, 0.25) is 11.5 Å². The minimum atomic E-state index is -2.91. The van der Waals surface area contributed by atoms with Crippen LogP contribution in [0.15, 0.2) is 53.5 Å². The van der Waals surface area contributed by atoms with Gasteiger partial charge < -0.3 is 20.1 Å². The zero-order valence-electron chi connectivity index (χ0n) is 21.9. The number of amides is 2. The first-order valence-electron chi connectivity index (χ1n) is 13.5. The lowest BCUT2D eigenvalue weighted by Crippen LogP contribution is -2.64. The predicted octanol–water partition coefficient (Wildman–Crippen LogP) is 4.59. The molecule has 214 valence electrons. The Balaban J connectivity index is 1.12. The molecule has 0 atom stereocenters. The molecular weight excluding hydrogens is 559 g/mol. The van der Waals surface area contributed by atoms with Gasteiger partial charge in [-0.3, -0.25) is 19.4 Å². The molecular formula is C29H27ClF3N5O3. The van der Waals surface area contributed by atoms with Gasteiger partial charge in [0.15, 0.2) is 0 Å². The Morgan fingerprint density at radius 2 is 1.88 bits per heavy atom. The van der Waals surface area contributed by atoms with Crippen LogP contribution in [-0.2, 0) is 10.2 Å². The van der Waals surface area contributed by atoms with Crippen molar-refractivity contribution in [2.45, 2.75) is 43.6 Å². The third-order valence-corrected chi connectivity index (χ3v) is 8.60. The summed E-state index contributed by atoms with van der Waals surface area (Å²) in [7, 11) is 0. The number of alkyl halides is 2. The highest BCUT2D eigenvalue weighted by Gasteiger charge is 2.58. The van der Waals surface area contributed by atoms with Crippen molar-refractivity contribution in [2.75, 3.05) is 29.4 Å². The number of carbonyl (C=O) groups is 2. The van der Waals surface area contributed by atoms with Crippen molar-refractivity contribution in [2.24, 2.45) is 5.92 Å². The van der Waals surface area contributed by atoms with Crippen LogP contribution in [0.2, 0.25) is 5.02 Å². The lowest BCUT2D eigenvalue weighted by Gasteiger charge is -2.47. The van der Waals surface area contributed by atoms with E-state index in [1.807, 2.05) is 4.90 Å². The van der Waals surface area contributed by atoms with Gasteiger partial charge in [0, 0.05) is 37.9 Å². The smallest absolute Gasteiger partial charge is 0.281 e. The van der Waals surface area contributed by atoms with Gasteiger partial charge in [-0.1, -0.05) is 23.7 Å². The molecule has 3 aliphatic rings. The Hall–Kier alpha value is -3.86. The van der Waals surface area contributed by atoms with Crippen molar-refractivity contribution >= 4 is 34.9 Å². The second-order valence-electron chi connectivity index (χ2n) is 11.0. The van der Waals surface area contributed by atoms with E-state index in [1.165, 1.54) is 24.3 Å². The number of hydrogen-bond donors (Lipinski definition) is 2. The van der Waals surface area contributed by atoms with Crippen LogP contribution in [-0.4, -0.2) is 47.5 Å². The number of hydrogen-bond acceptors (Lipinski definition) is 5. The molecule has 3 aromatic rings. The van der Waals surface area contributed by atoms with Crippen molar-refractivity contribution in [3.8, 4) is 0 Å². The van der Waals surface area contributed by atoms with Gasteiger partial charge in [-0.25, -0.2) is 13.2 Å². The number of fused-ring (bicyclic) bond motifs is 2. The number of benzene rings is 1. The fourth-order valence-corrected chi connectivity index (χ4v) is 6.47. The van der Waals surface area contributed by atoms with E-state index in [-0.39, 0.29) is 34.0 Å². The van der Waals surface area contributed by atoms with Crippen LogP contribution < -0.4 is 20.7 Å². The number of aromatic amines is 1. The highest BCUT2D eigenvalue weighted by molar-refractivity contribution is 6.30. The molecule has 1 aromatic carbocycles. The first-order chi connectivity index (χ1) is 19.6. The summed E-state index contributed by atoms with van der Waals surface area (Å²) < 4.78 is 41.0. The Bertz CT molecular complexity index is 1570. The van der Waals surface area contributed by atoms with E-state index >= 15 is 0 Å². The summed E-state index contributed by atoms with van der Waals surface area (Å²) in [5.41, 5.74) is -0.537. The summed E-state index contributed by atoms with van der Waals surface area (Å²) in [6, 6.07) is 10.3. The van der Waals surface area contributed by atoms with E-state index in [2.05, 4.69) is 15.3 Å². The van der Waals surface area contributed by atoms with E-state index in [9.17, 15) is 27.6 Å². The van der Waals surface area contributed by atoms with E-state index in [4.69, 9.17) is 11.6 Å². The zero-order chi connectivity index (χ0) is 28.9. The molecule has 2 fully saturated rings. The van der Waals surface area contributed by atoms with E-state index in [0.29, 0.717) is 56.8 Å². The molecule has 8 nitrogen and oxygen atoms in total. The van der Waals surface area contributed by atoms with Gasteiger partial charge >= 0.3 is 0 Å². The molecule has 0 radical (unpaired) electrons. The topological polar surface area (TPSA) is 98.4 Å². The number of rotatable bonds is 6. The summed E-state index contributed by atoms with van der Waals surface area (Å²) in [5, 5.41) is 2.92. The predicted molar refractivity (Wildman–Crippen MR) is 147 cm³/mol. The first kappa shape index (κ1) is 27.3. The highest BCUT2D eigenvalue weighted by Crippen LogP contribution is 2.49. The maximum Gasteiger partial charge on any atom is 0.281 e. The van der Waals surface area contributed by atoms with Crippen LogP contribution in [0, 0.1) is 11.7 Å². The molecule has 1 saturated heterocycles. The molecule has 2 aliphatic heterocycles. The minimum absolute atomic E-state index is 0.0870. The lowest BCUT2D eigenvalue weighted by atomic mass is 9.74. The van der Waals surface area contributed by atoms with Gasteiger partial charge in [0.25, 0.3) is 12.3 Å². The quantitative estimate of drug-likeness (QED) is 0.441. The van der Waals surface area contributed by atoms with Crippen LogP contribution in [0.25, 0.3) is 0 Å². The summed E-state index contributed by atoms with van der Waals surface area (Å²) in [4.78, 5) is 48.4. The second kappa shape index (κ2) is 10.5. The van der Waals surface area contributed by atoms with Crippen LogP contribution in [0.3, 0.4) is 0 Å². The van der Waals surface area contributed by atoms with Crippen LogP contribution in [0.5, 0.6) is 0 Å². The normalized spacial score (nSPS) is 21.2. The Morgan fingerprint density at radius 1 is 1.12 bits per heavy atom. The molecule has 2 amide bonds. The number of aromatic nitrogens is 2. The van der Waals surface area contributed by atoms with Crippen molar-refractivity contribution < 1.29 is 22.8 Å². The summed E-state index contributed by atoms with van der Waals surface area (Å²) in [6.45, 7) is 1.16. The van der Waals surface area contributed by atoms with Gasteiger partial charge in [-0.05, 0) is 61.4 Å². The molecule has 0 unspecified atom stereocenters. The Kier molecular flexibility index (Phi) is 7.01. The average Bonchev–Trinajstić information content (AvgIpc) is 3.15. The average molecular weight is 586 g/mol. The lowest BCUT2D eigenvalue weighted by molar-refractivity contribution is -0.124. The van der Waals surface area contributed by atoms with Crippen LogP contribution >= 0.6 is 11.6 Å². The Morgan fingerprint density at radius 3 is 2.59 bits per heavy atom. The molecule has 12 heteroatoms. The molecule has 4 heterocycles. The van der Waals surface area contributed by atoms with E-state index < -0.39 is 29.3 Å². The maximum absolute atomic E-state index is 14.3. The van der Waals surface area contributed by atoms with Crippen molar-refractivity contribution in [1.29, 1.82) is 0 Å². The number of H-pyrrole nitrogens is 1. The van der Waals surface area contributed by atoms with Gasteiger partial charge in [0.05, 0.1) is 16.3 Å². The van der Waals surface area contributed by atoms with Crippen LogP contribution in [0.4, 0.5) is 24.7 Å². The summed E-state index contributed by atoms with van der Waals surface area (Å²) in [5.74, 6) is -0.408. The second-order valence-corrected chi connectivity index (χ2v) is 11.4. The molecule has 0 bridgehead atoms. The van der Waals surface area contributed by atoms with Gasteiger partial charge in [0.1, 0.15) is 22.7 Å². The molecule has 2 aromatic heterocycles. The van der Waals surface area contributed by atoms with Gasteiger partial charge in [-0.15, -0.1) is 0 Å². The zero-order valence-corrected chi connectivity index (χ0v) is 22.6. The fraction of sp³-hybridized carbons (Fsp3) is 0.379. The molecule has 6 rings (SSSR count). The summed E-state index contributed by atoms with van der Waals surface area (Å²) >= 11 is 5.89. The number of pyridine rings is 2. The highest BCUT2D eigenvalue weighted by atomic mass is 35.5. The van der Waals surface area contributed by atoms with E-state index in [1.54, 1.807) is 23.1 Å². The van der Waals surface area contributed by atoms with Crippen molar-refractivity contribution in [1.82, 2.24) is 15.3 Å². The Labute approximate surface area is 238 Å². The molecule has 41 heavy (non-hydrogen) atoms. The monoisotopic (exact) mass is 585 g/mol. The molecule has 1 spiro atoms. The maximum atomic E-state index is 14.3. The minimum Gasteiger partial charge on any atom is -0.355 e. The summed E-state index contributed by atoms with van der Waals surface area (Å²) in [6.07, 6.45) is 0.774. The fourth-order valence-electron chi connectivity index (χ4n) is 6.32.